The fourth-order valence-corrected chi connectivity index (χ4v) is 2.51. The summed E-state index contributed by atoms with van der Waals surface area (Å²) in [6.07, 6.45) is 2.99. The number of pyridine rings is 1. The third-order valence-corrected chi connectivity index (χ3v) is 3.58. The molecule has 3 heterocycles. The molecular weight excluding hydrogens is 314 g/mol. The van der Waals surface area contributed by atoms with Gasteiger partial charge in [0, 0.05) is 17.6 Å². The standard InChI is InChI=1S/C15H13N5O2S/c1-2-22-13-7-11(17-9-18-13)14(21)20-15-19-12(8-23-15)10-5-3-4-6-16-10/h3-9H,2H2,1H3,(H,19,20,21). The summed E-state index contributed by atoms with van der Waals surface area (Å²) >= 11 is 1.32. The predicted octanol–water partition coefficient (Wildman–Crippen LogP) is 2.65. The summed E-state index contributed by atoms with van der Waals surface area (Å²) < 4.78 is 5.26. The van der Waals surface area contributed by atoms with Crippen LogP contribution in [0.15, 0.2) is 42.2 Å². The molecule has 3 aromatic rings. The topological polar surface area (TPSA) is 89.9 Å². The number of rotatable bonds is 5. The number of aromatic nitrogens is 4. The molecule has 8 heteroatoms. The number of hydrogen-bond donors (Lipinski definition) is 1. The van der Waals surface area contributed by atoms with E-state index in [0.29, 0.717) is 23.3 Å². The normalized spacial score (nSPS) is 10.3. The number of carbonyl (C=O) groups is 1. The number of carbonyl (C=O) groups excluding carboxylic acids is 1. The van der Waals surface area contributed by atoms with Crippen LogP contribution in [-0.4, -0.2) is 32.4 Å². The van der Waals surface area contributed by atoms with Gasteiger partial charge in [0.05, 0.1) is 12.3 Å². The zero-order valence-corrected chi connectivity index (χ0v) is 13.1. The Morgan fingerprint density at radius 2 is 2.17 bits per heavy atom. The highest BCUT2D eigenvalue weighted by Crippen LogP contribution is 2.23. The second-order valence-corrected chi connectivity index (χ2v) is 5.24. The van der Waals surface area contributed by atoms with E-state index in [1.54, 1.807) is 6.20 Å². The maximum absolute atomic E-state index is 12.2. The van der Waals surface area contributed by atoms with Crippen molar-refractivity contribution in [3.63, 3.8) is 0 Å². The van der Waals surface area contributed by atoms with Crippen LogP contribution in [0.3, 0.4) is 0 Å². The molecule has 0 aliphatic rings. The second kappa shape index (κ2) is 6.93. The highest BCUT2D eigenvalue weighted by molar-refractivity contribution is 7.14. The minimum absolute atomic E-state index is 0.220. The van der Waals surface area contributed by atoms with Crippen molar-refractivity contribution in [2.45, 2.75) is 6.92 Å². The Morgan fingerprint density at radius 1 is 1.26 bits per heavy atom. The molecule has 0 atom stereocenters. The highest BCUT2D eigenvalue weighted by atomic mass is 32.1. The summed E-state index contributed by atoms with van der Waals surface area (Å²) in [6, 6.07) is 7.07. The van der Waals surface area contributed by atoms with E-state index in [2.05, 4.69) is 25.3 Å². The van der Waals surface area contributed by atoms with E-state index in [1.807, 2.05) is 30.5 Å². The van der Waals surface area contributed by atoms with Crippen LogP contribution in [0.5, 0.6) is 5.88 Å². The third-order valence-electron chi connectivity index (χ3n) is 2.82. The first-order valence-electron chi connectivity index (χ1n) is 6.89. The number of thiazole rings is 1. The average molecular weight is 327 g/mol. The maximum Gasteiger partial charge on any atom is 0.276 e. The Morgan fingerprint density at radius 3 is 2.96 bits per heavy atom. The average Bonchev–Trinajstić information content (AvgIpc) is 3.05. The smallest absolute Gasteiger partial charge is 0.276 e. The maximum atomic E-state index is 12.2. The van der Waals surface area contributed by atoms with Crippen molar-refractivity contribution in [3.8, 4) is 17.3 Å². The van der Waals surface area contributed by atoms with Crippen LogP contribution < -0.4 is 10.1 Å². The first-order valence-corrected chi connectivity index (χ1v) is 7.77. The number of nitrogens with zero attached hydrogens (tertiary/aromatic N) is 4. The lowest BCUT2D eigenvalue weighted by molar-refractivity contribution is 0.102. The Hall–Kier alpha value is -2.87. The summed E-state index contributed by atoms with van der Waals surface area (Å²) in [6.45, 7) is 2.31. The van der Waals surface area contributed by atoms with Gasteiger partial charge in [-0.1, -0.05) is 6.07 Å². The van der Waals surface area contributed by atoms with E-state index < -0.39 is 0 Å². The number of hydrogen-bond acceptors (Lipinski definition) is 7. The number of amides is 1. The summed E-state index contributed by atoms with van der Waals surface area (Å²) in [5.41, 5.74) is 1.69. The first-order chi connectivity index (χ1) is 11.3. The fraction of sp³-hybridized carbons (Fsp3) is 0.133. The van der Waals surface area contributed by atoms with Crippen molar-refractivity contribution in [3.05, 3.63) is 47.9 Å². The molecular formula is C15H13N5O2S. The van der Waals surface area contributed by atoms with Crippen molar-refractivity contribution in [2.24, 2.45) is 0 Å². The fourth-order valence-electron chi connectivity index (χ4n) is 1.81. The molecule has 0 fully saturated rings. The molecule has 0 aromatic carbocycles. The van der Waals surface area contributed by atoms with Gasteiger partial charge in [-0.3, -0.25) is 15.1 Å². The SMILES string of the molecule is CCOc1cc(C(=O)Nc2nc(-c3ccccn3)cs2)ncn1. The minimum Gasteiger partial charge on any atom is -0.478 e. The van der Waals surface area contributed by atoms with Gasteiger partial charge in [-0.15, -0.1) is 11.3 Å². The van der Waals surface area contributed by atoms with E-state index in [0.717, 1.165) is 5.69 Å². The Bertz CT molecular complexity index is 806. The van der Waals surface area contributed by atoms with Gasteiger partial charge < -0.3 is 4.74 Å². The van der Waals surface area contributed by atoms with Gasteiger partial charge in [-0.2, -0.15) is 0 Å². The van der Waals surface area contributed by atoms with Crippen LogP contribution in [0.2, 0.25) is 0 Å². The van der Waals surface area contributed by atoms with Crippen LogP contribution in [0, 0.1) is 0 Å². The van der Waals surface area contributed by atoms with E-state index >= 15 is 0 Å². The van der Waals surface area contributed by atoms with Crippen LogP contribution in [0.4, 0.5) is 5.13 Å². The minimum atomic E-state index is -0.365. The first kappa shape index (κ1) is 15.0. The lowest BCUT2D eigenvalue weighted by Gasteiger charge is -2.03. The third kappa shape index (κ3) is 3.67. The summed E-state index contributed by atoms with van der Waals surface area (Å²) in [4.78, 5) is 28.7. The molecule has 3 aromatic heterocycles. The zero-order valence-electron chi connectivity index (χ0n) is 12.3. The molecule has 0 saturated carbocycles. The predicted molar refractivity (Wildman–Crippen MR) is 86.5 cm³/mol. The molecule has 0 spiro atoms. The summed E-state index contributed by atoms with van der Waals surface area (Å²) in [7, 11) is 0. The lowest BCUT2D eigenvalue weighted by Crippen LogP contribution is -2.14. The van der Waals surface area contributed by atoms with Gasteiger partial charge in [-0.25, -0.2) is 15.0 Å². The van der Waals surface area contributed by atoms with Crippen LogP contribution in [-0.2, 0) is 0 Å². The van der Waals surface area contributed by atoms with Crippen molar-refractivity contribution >= 4 is 22.4 Å². The molecule has 0 aliphatic carbocycles. The molecule has 1 amide bonds. The molecule has 1 N–H and O–H groups in total. The lowest BCUT2D eigenvalue weighted by atomic mass is 10.3. The molecule has 0 radical (unpaired) electrons. The Labute approximate surface area is 136 Å². The molecule has 3 rings (SSSR count). The quantitative estimate of drug-likeness (QED) is 0.775. The summed E-state index contributed by atoms with van der Waals surface area (Å²) in [5, 5.41) is 5.03. The number of anilines is 1. The van der Waals surface area contributed by atoms with Gasteiger partial charge in [-0.05, 0) is 19.1 Å². The molecule has 116 valence electrons. The Balaban J connectivity index is 1.73. The van der Waals surface area contributed by atoms with Crippen molar-refractivity contribution in [2.75, 3.05) is 11.9 Å². The number of nitrogens with one attached hydrogen (secondary N) is 1. The van der Waals surface area contributed by atoms with Crippen LogP contribution in [0.25, 0.3) is 11.4 Å². The van der Waals surface area contributed by atoms with E-state index in [4.69, 9.17) is 4.74 Å². The van der Waals surface area contributed by atoms with Crippen molar-refractivity contribution in [1.29, 1.82) is 0 Å². The highest BCUT2D eigenvalue weighted by Gasteiger charge is 2.12. The van der Waals surface area contributed by atoms with E-state index in [-0.39, 0.29) is 11.6 Å². The van der Waals surface area contributed by atoms with Gasteiger partial charge in [0.1, 0.15) is 17.7 Å². The molecule has 7 nitrogen and oxygen atoms in total. The molecule has 0 unspecified atom stereocenters. The van der Waals surface area contributed by atoms with Crippen molar-refractivity contribution < 1.29 is 9.53 Å². The molecule has 23 heavy (non-hydrogen) atoms. The van der Waals surface area contributed by atoms with Crippen LogP contribution >= 0.6 is 11.3 Å². The molecule has 0 bridgehead atoms. The largest absolute Gasteiger partial charge is 0.478 e. The van der Waals surface area contributed by atoms with Gasteiger partial charge in [0.15, 0.2) is 5.13 Å². The monoisotopic (exact) mass is 327 g/mol. The van der Waals surface area contributed by atoms with Gasteiger partial charge in [0.2, 0.25) is 5.88 Å². The molecule has 0 aliphatic heterocycles. The van der Waals surface area contributed by atoms with Crippen molar-refractivity contribution in [1.82, 2.24) is 19.9 Å². The Kier molecular flexibility index (Phi) is 4.53. The summed E-state index contributed by atoms with van der Waals surface area (Å²) in [5.74, 6) is -0.00348. The van der Waals surface area contributed by atoms with Gasteiger partial charge in [0.25, 0.3) is 5.91 Å². The van der Waals surface area contributed by atoms with Gasteiger partial charge >= 0.3 is 0 Å². The molecule has 0 saturated heterocycles. The number of ether oxygens (including phenoxy) is 1. The van der Waals surface area contributed by atoms with E-state index in [1.165, 1.54) is 23.7 Å². The zero-order chi connectivity index (χ0) is 16.1. The van der Waals surface area contributed by atoms with E-state index in [9.17, 15) is 4.79 Å². The second-order valence-electron chi connectivity index (χ2n) is 4.38. The van der Waals surface area contributed by atoms with Crippen LogP contribution in [0.1, 0.15) is 17.4 Å².